The van der Waals surface area contributed by atoms with Crippen molar-refractivity contribution in [1.82, 2.24) is 14.6 Å². The Morgan fingerprint density at radius 3 is 2.41 bits per heavy atom. The zero-order valence-electron chi connectivity index (χ0n) is 15.9. The van der Waals surface area contributed by atoms with Gasteiger partial charge in [-0.15, -0.1) is 0 Å². The number of aromatic nitrogens is 2. The monoisotopic (exact) mass is 411 g/mol. The van der Waals surface area contributed by atoms with E-state index in [9.17, 15) is 9.18 Å². The lowest BCUT2D eigenvalue weighted by Crippen LogP contribution is -2.49. The van der Waals surface area contributed by atoms with Crippen molar-refractivity contribution in [2.24, 2.45) is 0 Å². The van der Waals surface area contributed by atoms with Crippen LogP contribution in [0, 0.1) is 5.82 Å². The number of hydrogen-bond donors (Lipinski definition) is 1. The lowest BCUT2D eigenvalue weighted by atomic mass is 10.2. The largest absolute Gasteiger partial charge is 0.368 e. The van der Waals surface area contributed by atoms with Crippen LogP contribution in [0.4, 0.5) is 10.1 Å². The second-order valence-corrected chi connectivity index (χ2v) is 7.76. The van der Waals surface area contributed by atoms with E-state index >= 15 is 0 Å². The lowest BCUT2D eigenvalue weighted by Gasteiger charge is -2.36. The van der Waals surface area contributed by atoms with Gasteiger partial charge in [-0.1, -0.05) is 42.1 Å². The van der Waals surface area contributed by atoms with Gasteiger partial charge in [0.25, 0.3) is 0 Å². The molecule has 2 heterocycles. The average Bonchev–Trinajstić information content (AvgIpc) is 3.14. The average molecular weight is 412 g/mol. The van der Waals surface area contributed by atoms with Crippen LogP contribution in [-0.2, 0) is 4.79 Å². The first-order chi connectivity index (χ1) is 14.1. The maximum Gasteiger partial charge on any atom is 0.233 e. The van der Waals surface area contributed by atoms with Crippen LogP contribution in [0.3, 0.4) is 0 Å². The van der Waals surface area contributed by atoms with Gasteiger partial charge in [-0.05, 0) is 24.3 Å². The van der Waals surface area contributed by atoms with Gasteiger partial charge in [0.15, 0.2) is 5.16 Å². The summed E-state index contributed by atoms with van der Waals surface area (Å²) in [7, 11) is 0. The molecular weight excluding hydrogens is 389 g/mol. The van der Waals surface area contributed by atoms with Gasteiger partial charge in [-0.25, -0.2) is 14.1 Å². The molecule has 1 aliphatic heterocycles. The van der Waals surface area contributed by atoms with Crippen molar-refractivity contribution in [3.63, 3.8) is 0 Å². The quantitative estimate of drug-likeness (QED) is 0.517. The first kappa shape index (κ1) is 19.3. The number of imidazole rings is 1. The van der Waals surface area contributed by atoms with E-state index in [2.05, 4.69) is 9.88 Å². The number of amides is 1. The van der Waals surface area contributed by atoms with E-state index in [0.29, 0.717) is 24.0 Å². The fraction of sp³-hybridized carbons (Fsp3) is 0.238. The molecule has 6 nitrogen and oxygen atoms in total. The van der Waals surface area contributed by atoms with Gasteiger partial charge in [0.05, 0.1) is 17.6 Å². The van der Waals surface area contributed by atoms with E-state index in [-0.39, 0.29) is 11.7 Å². The van der Waals surface area contributed by atoms with Crippen molar-refractivity contribution in [2.75, 3.05) is 42.7 Å². The second kappa shape index (κ2) is 8.57. The molecule has 0 saturated carbocycles. The molecule has 1 fully saturated rings. The first-order valence-electron chi connectivity index (χ1n) is 9.41. The fourth-order valence-corrected chi connectivity index (χ4v) is 4.11. The summed E-state index contributed by atoms with van der Waals surface area (Å²) in [6.45, 7) is 2.74. The van der Waals surface area contributed by atoms with E-state index in [1.807, 2.05) is 35.2 Å². The number of benzene rings is 2. The highest BCUT2D eigenvalue weighted by Crippen LogP contribution is 2.23. The van der Waals surface area contributed by atoms with Crippen LogP contribution < -0.4 is 10.7 Å². The fourth-order valence-electron chi connectivity index (χ4n) is 3.31. The molecule has 2 aromatic carbocycles. The van der Waals surface area contributed by atoms with E-state index in [0.717, 1.165) is 30.0 Å². The number of hydrogen-bond acceptors (Lipinski definition) is 5. The highest BCUT2D eigenvalue weighted by Gasteiger charge is 2.22. The Balaban J connectivity index is 1.31. The number of rotatable bonds is 5. The Kier molecular flexibility index (Phi) is 5.71. The molecule has 0 bridgehead atoms. The number of nitrogens with zero attached hydrogens (tertiary/aromatic N) is 4. The van der Waals surface area contributed by atoms with Crippen molar-refractivity contribution in [2.45, 2.75) is 5.16 Å². The molecule has 8 heteroatoms. The highest BCUT2D eigenvalue weighted by molar-refractivity contribution is 7.99. The SMILES string of the molecule is Nn1cc(-c2ccccc2)nc1SCC(=O)N1CCN(c2ccc(F)cc2)CC1. The minimum absolute atomic E-state index is 0.0676. The number of carbonyl (C=O) groups is 1. The second-order valence-electron chi connectivity index (χ2n) is 6.81. The lowest BCUT2D eigenvalue weighted by molar-refractivity contribution is -0.128. The van der Waals surface area contributed by atoms with Gasteiger partial charge in [-0.3, -0.25) is 4.79 Å². The predicted octanol–water partition coefficient (Wildman–Crippen LogP) is 2.84. The summed E-state index contributed by atoms with van der Waals surface area (Å²) in [6, 6.07) is 16.3. The molecule has 29 heavy (non-hydrogen) atoms. The van der Waals surface area contributed by atoms with E-state index in [1.54, 1.807) is 18.3 Å². The predicted molar refractivity (Wildman–Crippen MR) is 114 cm³/mol. The molecule has 1 saturated heterocycles. The normalized spacial score (nSPS) is 14.2. The summed E-state index contributed by atoms with van der Waals surface area (Å²) < 4.78 is 14.5. The molecular formula is C21H22FN5OS. The Bertz CT molecular complexity index is 968. The molecule has 1 amide bonds. The minimum Gasteiger partial charge on any atom is -0.368 e. The Labute approximate surface area is 173 Å². The van der Waals surface area contributed by atoms with Crippen molar-refractivity contribution in [1.29, 1.82) is 0 Å². The third kappa shape index (κ3) is 4.54. The molecule has 4 rings (SSSR count). The summed E-state index contributed by atoms with van der Waals surface area (Å²) in [5, 5.41) is 0.613. The number of nitrogens with two attached hydrogens (primary N) is 1. The zero-order chi connectivity index (χ0) is 20.2. The maximum absolute atomic E-state index is 13.1. The van der Waals surface area contributed by atoms with Crippen LogP contribution in [0.25, 0.3) is 11.3 Å². The van der Waals surface area contributed by atoms with Gasteiger partial charge >= 0.3 is 0 Å². The third-order valence-corrected chi connectivity index (χ3v) is 5.87. The summed E-state index contributed by atoms with van der Waals surface area (Å²) in [5.74, 6) is 6.13. The first-order valence-corrected chi connectivity index (χ1v) is 10.4. The van der Waals surface area contributed by atoms with Gasteiger partial charge in [0.1, 0.15) is 5.82 Å². The number of piperazine rings is 1. The van der Waals surface area contributed by atoms with Crippen LogP contribution in [-0.4, -0.2) is 52.4 Å². The third-order valence-electron chi connectivity index (χ3n) is 4.92. The smallest absolute Gasteiger partial charge is 0.233 e. The topological polar surface area (TPSA) is 67.4 Å². The zero-order valence-corrected chi connectivity index (χ0v) is 16.7. The van der Waals surface area contributed by atoms with Gasteiger partial charge in [0.2, 0.25) is 5.91 Å². The van der Waals surface area contributed by atoms with Gasteiger partial charge in [-0.2, -0.15) is 0 Å². The number of thioether (sulfide) groups is 1. The van der Waals surface area contributed by atoms with Crippen molar-refractivity contribution in [3.05, 3.63) is 66.6 Å². The maximum atomic E-state index is 13.1. The van der Waals surface area contributed by atoms with Crippen LogP contribution in [0.1, 0.15) is 0 Å². The molecule has 0 aliphatic carbocycles. The summed E-state index contributed by atoms with van der Waals surface area (Å²) in [4.78, 5) is 21.2. The molecule has 150 valence electrons. The van der Waals surface area contributed by atoms with E-state index in [4.69, 9.17) is 5.84 Å². The molecule has 3 aromatic rings. The van der Waals surface area contributed by atoms with Gasteiger partial charge in [0, 0.05) is 37.4 Å². The molecule has 0 spiro atoms. The molecule has 0 unspecified atom stereocenters. The van der Waals surface area contributed by atoms with Crippen molar-refractivity contribution in [3.8, 4) is 11.3 Å². The number of carbonyl (C=O) groups excluding carboxylic acids is 1. The highest BCUT2D eigenvalue weighted by atomic mass is 32.2. The molecule has 1 aromatic heterocycles. The number of nitrogen functional groups attached to an aromatic ring is 1. The van der Waals surface area contributed by atoms with Crippen LogP contribution in [0.2, 0.25) is 0 Å². The van der Waals surface area contributed by atoms with Gasteiger partial charge < -0.3 is 15.6 Å². The number of anilines is 1. The summed E-state index contributed by atoms with van der Waals surface area (Å²) in [5.41, 5.74) is 2.75. The number of halogens is 1. The summed E-state index contributed by atoms with van der Waals surface area (Å²) >= 11 is 1.34. The standard InChI is InChI=1S/C21H22FN5OS/c22-17-6-8-18(9-7-17)25-10-12-26(13-11-25)20(28)15-29-21-24-19(14-27(21)23)16-4-2-1-3-5-16/h1-9,14H,10-13,15,23H2. The Morgan fingerprint density at radius 2 is 1.72 bits per heavy atom. The summed E-state index contributed by atoms with van der Waals surface area (Å²) in [6.07, 6.45) is 1.77. The molecule has 2 N–H and O–H groups in total. The molecule has 0 radical (unpaired) electrons. The van der Waals surface area contributed by atoms with Crippen molar-refractivity contribution < 1.29 is 9.18 Å². The van der Waals surface area contributed by atoms with Crippen molar-refractivity contribution >= 4 is 23.4 Å². The van der Waals surface area contributed by atoms with Crippen LogP contribution in [0.15, 0.2) is 66.0 Å². The molecule has 1 aliphatic rings. The van der Waals surface area contributed by atoms with Crippen LogP contribution >= 0.6 is 11.8 Å². The minimum atomic E-state index is -0.242. The Hall–Kier alpha value is -3.00. The van der Waals surface area contributed by atoms with E-state index < -0.39 is 0 Å². The Morgan fingerprint density at radius 1 is 1.03 bits per heavy atom. The van der Waals surface area contributed by atoms with E-state index in [1.165, 1.54) is 28.6 Å². The van der Waals surface area contributed by atoms with Crippen LogP contribution in [0.5, 0.6) is 0 Å². The molecule has 0 atom stereocenters.